The van der Waals surface area contributed by atoms with Gasteiger partial charge in [0.25, 0.3) is 5.91 Å². The lowest BCUT2D eigenvalue weighted by Gasteiger charge is -2.30. The lowest BCUT2D eigenvalue weighted by Crippen LogP contribution is -2.37. The van der Waals surface area contributed by atoms with Crippen LogP contribution in [-0.4, -0.2) is 40.4 Å². The number of rotatable bonds is 4. The summed E-state index contributed by atoms with van der Waals surface area (Å²) in [6.07, 6.45) is 2.87. The minimum atomic E-state index is -0.278. The summed E-state index contributed by atoms with van der Waals surface area (Å²) in [5, 5.41) is 0. The fourth-order valence-corrected chi connectivity index (χ4v) is 4.46. The lowest BCUT2D eigenvalue weighted by atomic mass is 10.0. The second-order valence-electron chi connectivity index (χ2n) is 8.75. The number of aryl methyl sites for hydroxylation is 2. The van der Waals surface area contributed by atoms with Crippen LogP contribution in [0.25, 0.3) is 0 Å². The van der Waals surface area contributed by atoms with Crippen molar-refractivity contribution in [2.75, 3.05) is 24.5 Å². The van der Waals surface area contributed by atoms with E-state index in [9.17, 15) is 9.18 Å². The van der Waals surface area contributed by atoms with E-state index in [1.807, 2.05) is 36.1 Å². The molecule has 2 aromatic carbocycles. The number of aromatic nitrogens is 2. The van der Waals surface area contributed by atoms with E-state index in [0.717, 1.165) is 42.8 Å². The van der Waals surface area contributed by atoms with Crippen LogP contribution in [-0.2, 0) is 13.0 Å². The van der Waals surface area contributed by atoms with E-state index in [4.69, 9.17) is 14.7 Å². The Bertz CT molecular complexity index is 1210. The minimum Gasteiger partial charge on any atom is -0.438 e. The summed E-state index contributed by atoms with van der Waals surface area (Å²) in [5.41, 5.74) is 3.88. The second kappa shape index (κ2) is 8.81. The summed E-state index contributed by atoms with van der Waals surface area (Å²) in [6.45, 7) is 6.46. The average Bonchev–Trinajstić information content (AvgIpc) is 3.36. The van der Waals surface area contributed by atoms with Crippen LogP contribution in [0.15, 0.2) is 42.5 Å². The van der Waals surface area contributed by atoms with Gasteiger partial charge >= 0.3 is 0 Å². The van der Waals surface area contributed by atoms with Gasteiger partial charge < -0.3 is 14.5 Å². The normalized spacial score (nSPS) is 15.5. The van der Waals surface area contributed by atoms with E-state index >= 15 is 0 Å². The van der Waals surface area contributed by atoms with Gasteiger partial charge in [-0.05, 0) is 62.1 Å². The summed E-state index contributed by atoms with van der Waals surface area (Å²) in [4.78, 5) is 26.9. The molecule has 5 rings (SSSR count). The van der Waals surface area contributed by atoms with Gasteiger partial charge in [-0.2, -0.15) is 4.98 Å². The molecule has 7 heteroatoms. The zero-order chi connectivity index (χ0) is 22.9. The summed E-state index contributed by atoms with van der Waals surface area (Å²) < 4.78 is 20.0. The van der Waals surface area contributed by atoms with Crippen molar-refractivity contribution in [3.05, 3.63) is 76.2 Å². The van der Waals surface area contributed by atoms with Crippen molar-refractivity contribution in [1.29, 1.82) is 0 Å². The van der Waals surface area contributed by atoms with Crippen molar-refractivity contribution in [1.82, 2.24) is 14.9 Å². The SMILES string of the molecule is Cc1cc(Oc2nc(N3CCCC3)nc3c2CN(C(=O)c2ccccc2C)CC3)ccc1F. The van der Waals surface area contributed by atoms with Crippen molar-refractivity contribution < 1.29 is 13.9 Å². The third-order valence-corrected chi connectivity index (χ3v) is 6.41. The Hall–Kier alpha value is -3.48. The third-order valence-electron chi connectivity index (χ3n) is 6.41. The number of nitrogens with zero attached hydrogens (tertiary/aromatic N) is 4. The van der Waals surface area contributed by atoms with Crippen LogP contribution in [0, 0.1) is 19.7 Å². The zero-order valence-corrected chi connectivity index (χ0v) is 19.0. The van der Waals surface area contributed by atoms with Crippen molar-refractivity contribution >= 4 is 11.9 Å². The van der Waals surface area contributed by atoms with Gasteiger partial charge in [-0.3, -0.25) is 4.79 Å². The van der Waals surface area contributed by atoms with Crippen LogP contribution in [0.3, 0.4) is 0 Å². The first-order valence-electron chi connectivity index (χ1n) is 11.4. The number of halogens is 1. The number of amides is 1. The highest BCUT2D eigenvalue weighted by Gasteiger charge is 2.29. The molecule has 1 aromatic heterocycles. The quantitative estimate of drug-likeness (QED) is 0.575. The Morgan fingerprint density at radius 3 is 2.55 bits per heavy atom. The molecule has 1 fully saturated rings. The minimum absolute atomic E-state index is 0.00838. The first kappa shape index (κ1) is 21.4. The summed E-state index contributed by atoms with van der Waals surface area (Å²) in [5.74, 6) is 1.34. The molecule has 0 atom stereocenters. The standard InChI is InChI=1S/C26H27FN4O2/c1-17-7-3-4-8-20(17)25(32)31-14-11-23-21(16-31)24(29-26(28-23)30-12-5-6-13-30)33-19-9-10-22(27)18(2)15-19/h3-4,7-10,15H,5-6,11-14,16H2,1-2H3. The Morgan fingerprint density at radius 1 is 1.00 bits per heavy atom. The maximum Gasteiger partial charge on any atom is 0.254 e. The molecule has 6 nitrogen and oxygen atoms in total. The number of fused-ring (bicyclic) bond motifs is 1. The van der Waals surface area contributed by atoms with Gasteiger partial charge in [0.1, 0.15) is 11.6 Å². The highest BCUT2D eigenvalue weighted by atomic mass is 19.1. The molecule has 0 spiro atoms. The van der Waals surface area contributed by atoms with E-state index < -0.39 is 0 Å². The molecule has 1 amide bonds. The monoisotopic (exact) mass is 446 g/mol. The molecule has 2 aliphatic rings. The average molecular weight is 447 g/mol. The Balaban J connectivity index is 1.50. The molecule has 1 saturated heterocycles. The van der Waals surface area contributed by atoms with E-state index in [2.05, 4.69) is 4.90 Å². The van der Waals surface area contributed by atoms with Gasteiger partial charge in [0.2, 0.25) is 11.8 Å². The molecule has 3 heterocycles. The Labute approximate surface area is 193 Å². The predicted octanol–water partition coefficient (Wildman–Crippen LogP) is 4.82. The number of carbonyl (C=O) groups excluding carboxylic acids is 1. The molecule has 0 radical (unpaired) electrons. The molecular weight excluding hydrogens is 419 g/mol. The largest absolute Gasteiger partial charge is 0.438 e. The van der Waals surface area contributed by atoms with Crippen LogP contribution in [0.1, 0.15) is 45.6 Å². The summed E-state index contributed by atoms with van der Waals surface area (Å²) in [6, 6.07) is 12.3. The van der Waals surface area contributed by atoms with Crippen molar-refractivity contribution in [2.24, 2.45) is 0 Å². The predicted molar refractivity (Wildman–Crippen MR) is 124 cm³/mol. The molecule has 0 aliphatic carbocycles. The van der Waals surface area contributed by atoms with E-state index in [1.165, 1.54) is 6.07 Å². The van der Waals surface area contributed by atoms with Crippen LogP contribution in [0.4, 0.5) is 10.3 Å². The van der Waals surface area contributed by atoms with Gasteiger partial charge in [-0.25, -0.2) is 9.37 Å². The van der Waals surface area contributed by atoms with Crippen LogP contribution in [0.5, 0.6) is 11.6 Å². The number of anilines is 1. The van der Waals surface area contributed by atoms with Gasteiger partial charge in [-0.1, -0.05) is 18.2 Å². The maximum atomic E-state index is 13.8. The number of benzene rings is 2. The molecule has 2 aliphatic heterocycles. The smallest absolute Gasteiger partial charge is 0.254 e. The Kier molecular flexibility index (Phi) is 5.70. The fourth-order valence-electron chi connectivity index (χ4n) is 4.46. The first-order valence-corrected chi connectivity index (χ1v) is 11.4. The Morgan fingerprint density at radius 2 is 1.79 bits per heavy atom. The van der Waals surface area contributed by atoms with E-state index in [1.54, 1.807) is 19.1 Å². The fraction of sp³-hybridized carbons (Fsp3) is 0.346. The third kappa shape index (κ3) is 4.27. The summed E-state index contributed by atoms with van der Waals surface area (Å²) >= 11 is 0. The maximum absolute atomic E-state index is 13.8. The molecule has 0 saturated carbocycles. The van der Waals surface area contributed by atoms with E-state index in [0.29, 0.717) is 48.2 Å². The number of hydrogen-bond acceptors (Lipinski definition) is 5. The van der Waals surface area contributed by atoms with E-state index in [-0.39, 0.29) is 11.7 Å². The molecule has 0 unspecified atom stereocenters. The van der Waals surface area contributed by atoms with Crippen molar-refractivity contribution in [3.8, 4) is 11.6 Å². The van der Waals surface area contributed by atoms with Crippen LogP contribution >= 0.6 is 0 Å². The molecule has 3 aromatic rings. The van der Waals surface area contributed by atoms with Gasteiger partial charge in [0.15, 0.2) is 0 Å². The first-order chi connectivity index (χ1) is 16.0. The highest BCUT2D eigenvalue weighted by Crippen LogP contribution is 2.33. The molecular formula is C26H27FN4O2. The molecule has 170 valence electrons. The number of hydrogen-bond donors (Lipinski definition) is 0. The molecule has 0 N–H and O–H groups in total. The van der Waals surface area contributed by atoms with Crippen molar-refractivity contribution in [2.45, 2.75) is 39.7 Å². The van der Waals surface area contributed by atoms with Gasteiger partial charge in [-0.15, -0.1) is 0 Å². The van der Waals surface area contributed by atoms with Crippen LogP contribution < -0.4 is 9.64 Å². The topological polar surface area (TPSA) is 58.6 Å². The van der Waals surface area contributed by atoms with Gasteiger partial charge in [0, 0.05) is 31.6 Å². The zero-order valence-electron chi connectivity index (χ0n) is 19.0. The second-order valence-corrected chi connectivity index (χ2v) is 8.75. The van der Waals surface area contributed by atoms with Crippen molar-refractivity contribution in [3.63, 3.8) is 0 Å². The molecule has 33 heavy (non-hydrogen) atoms. The number of carbonyl (C=O) groups is 1. The summed E-state index contributed by atoms with van der Waals surface area (Å²) in [7, 11) is 0. The molecule has 0 bridgehead atoms. The number of ether oxygens (including phenoxy) is 1. The van der Waals surface area contributed by atoms with Crippen LogP contribution in [0.2, 0.25) is 0 Å². The highest BCUT2D eigenvalue weighted by molar-refractivity contribution is 5.95. The van der Waals surface area contributed by atoms with Gasteiger partial charge in [0.05, 0.1) is 17.8 Å². The lowest BCUT2D eigenvalue weighted by molar-refractivity contribution is 0.0731.